The highest BCUT2D eigenvalue weighted by atomic mass is 16.5. The summed E-state index contributed by atoms with van der Waals surface area (Å²) in [5.74, 6) is 1.67. The van der Waals surface area contributed by atoms with Gasteiger partial charge in [0.2, 0.25) is 5.89 Å². The molecule has 1 atom stereocenters. The quantitative estimate of drug-likeness (QED) is 0.904. The molecule has 1 spiro atoms. The Morgan fingerprint density at radius 2 is 1.92 bits per heavy atom. The van der Waals surface area contributed by atoms with E-state index in [0.717, 1.165) is 39.0 Å². The Bertz CT molecular complexity index is 592. The van der Waals surface area contributed by atoms with Crippen molar-refractivity contribution in [2.45, 2.75) is 52.5 Å². The van der Waals surface area contributed by atoms with E-state index in [4.69, 9.17) is 4.52 Å². The van der Waals surface area contributed by atoms with Gasteiger partial charge in [0, 0.05) is 19.5 Å². The Labute approximate surface area is 150 Å². The summed E-state index contributed by atoms with van der Waals surface area (Å²) in [6.07, 6.45) is 4.27. The fourth-order valence-electron chi connectivity index (χ4n) is 3.84. The highest BCUT2D eigenvalue weighted by Crippen LogP contribution is 2.40. The number of hydrogen-bond acceptors (Lipinski definition) is 5. The van der Waals surface area contributed by atoms with Crippen LogP contribution in [0.5, 0.6) is 0 Å². The molecule has 3 heterocycles. The third kappa shape index (κ3) is 4.32. The minimum absolute atomic E-state index is 0.0214. The molecule has 3 rings (SSSR count). The number of nitrogens with zero attached hydrogens (tertiary/aromatic N) is 4. The normalized spacial score (nSPS) is 21.9. The van der Waals surface area contributed by atoms with Crippen molar-refractivity contribution in [3.05, 3.63) is 11.7 Å². The van der Waals surface area contributed by atoms with Gasteiger partial charge in [-0.2, -0.15) is 4.98 Å². The maximum Gasteiger partial charge on any atom is 0.318 e. The predicted molar refractivity (Wildman–Crippen MR) is 95.1 cm³/mol. The van der Waals surface area contributed by atoms with Crippen LogP contribution in [0.2, 0.25) is 0 Å². The van der Waals surface area contributed by atoms with E-state index in [1.807, 2.05) is 11.8 Å². The third-order valence-electron chi connectivity index (χ3n) is 5.56. The van der Waals surface area contributed by atoms with E-state index in [1.54, 1.807) is 0 Å². The number of aromatic nitrogens is 2. The number of rotatable bonds is 4. The molecule has 7 nitrogen and oxygen atoms in total. The van der Waals surface area contributed by atoms with Gasteiger partial charge < -0.3 is 19.6 Å². The number of urea groups is 1. The van der Waals surface area contributed by atoms with E-state index >= 15 is 0 Å². The zero-order chi connectivity index (χ0) is 18.0. The highest BCUT2D eigenvalue weighted by Gasteiger charge is 2.41. The fourth-order valence-corrected chi connectivity index (χ4v) is 3.84. The van der Waals surface area contributed by atoms with Crippen LogP contribution in [0.1, 0.15) is 57.8 Å². The first-order valence-corrected chi connectivity index (χ1v) is 9.43. The lowest BCUT2D eigenvalue weighted by atomic mass is 9.78. The molecule has 0 radical (unpaired) electrons. The van der Waals surface area contributed by atoms with E-state index in [-0.39, 0.29) is 12.1 Å². The molecule has 2 aliphatic rings. The predicted octanol–water partition coefficient (Wildman–Crippen LogP) is 2.46. The maximum absolute atomic E-state index is 12.6. The molecule has 0 aromatic carbocycles. The van der Waals surface area contributed by atoms with Crippen LogP contribution in [-0.2, 0) is 6.42 Å². The summed E-state index contributed by atoms with van der Waals surface area (Å²) < 4.78 is 5.31. The van der Waals surface area contributed by atoms with Gasteiger partial charge in [-0.05, 0) is 57.7 Å². The Balaban J connectivity index is 1.53. The monoisotopic (exact) mass is 349 g/mol. The minimum atomic E-state index is -0.269. The molecule has 2 saturated heterocycles. The number of likely N-dealkylation sites (tertiary alicyclic amines) is 2. The number of carbonyl (C=O) groups excluding carboxylic acids is 1. The van der Waals surface area contributed by atoms with Crippen LogP contribution < -0.4 is 5.32 Å². The molecule has 0 saturated carbocycles. The van der Waals surface area contributed by atoms with Crippen molar-refractivity contribution in [2.24, 2.45) is 11.3 Å². The second kappa shape index (κ2) is 7.32. The van der Waals surface area contributed by atoms with Gasteiger partial charge in [-0.1, -0.05) is 19.0 Å². The van der Waals surface area contributed by atoms with Crippen molar-refractivity contribution in [3.63, 3.8) is 0 Å². The number of hydrogen-bond donors (Lipinski definition) is 1. The summed E-state index contributed by atoms with van der Waals surface area (Å²) in [5.41, 5.74) is 0.321. The van der Waals surface area contributed by atoms with Crippen molar-refractivity contribution >= 4 is 6.03 Å². The number of amides is 2. The van der Waals surface area contributed by atoms with Crippen LogP contribution in [0.15, 0.2) is 4.52 Å². The van der Waals surface area contributed by atoms with E-state index in [0.29, 0.717) is 23.0 Å². The molecule has 1 N–H and O–H groups in total. The van der Waals surface area contributed by atoms with Crippen molar-refractivity contribution < 1.29 is 9.32 Å². The summed E-state index contributed by atoms with van der Waals surface area (Å²) in [6.45, 7) is 10.1. The van der Waals surface area contributed by atoms with Gasteiger partial charge in [-0.25, -0.2) is 4.79 Å². The number of piperidine rings is 1. The SMILES string of the molecule is CC(C)Cc1noc([C@H](C)NC(=O)N2CCC3(CCN(C)CC3)C2)n1. The molecule has 2 fully saturated rings. The molecule has 7 heteroatoms. The van der Waals surface area contributed by atoms with Gasteiger partial charge in [0.05, 0.1) is 0 Å². The molecule has 0 unspecified atom stereocenters. The summed E-state index contributed by atoms with van der Waals surface area (Å²) >= 11 is 0. The van der Waals surface area contributed by atoms with Gasteiger partial charge in [-0.3, -0.25) is 0 Å². The molecule has 2 aliphatic heterocycles. The van der Waals surface area contributed by atoms with E-state index in [9.17, 15) is 4.79 Å². The maximum atomic E-state index is 12.6. The third-order valence-corrected chi connectivity index (χ3v) is 5.56. The van der Waals surface area contributed by atoms with Crippen molar-refractivity contribution in [1.82, 2.24) is 25.3 Å². The van der Waals surface area contributed by atoms with E-state index in [2.05, 4.69) is 41.3 Å². The van der Waals surface area contributed by atoms with Crippen LogP contribution in [0.4, 0.5) is 4.79 Å². The van der Waals surface area contributed by atoms with Crippen LogP contribution in [0, 0.1) is 11.3 Å². The standard InChI is InChI=1S/C18H31N5O2/c1-13(2)11-15-20-16(25-21-15)14(3)19-17(24)23-10-7-18(12-23)5-8-22(4)9-6-18/h13-14H,5-12H2,1-4H3,(H,19,24)/t14-/m0/s1. The lowest BCUT2D eigenvalue weighted by molar-refractivity contribution is 0.127. The average molecular weight is 349 g/mol. The minimum Gasteiger partial charge on any atom is -0.337 e. The topological polar surface area (TPSA) is 74.5 Å². The Hall–Kier alpha value is -1.63. The molecule has 1 aromatic heterocycles. The van der Waals surface area contributed by atoms with E-state index < -0.39 is 0 Å². The molecular formula is C18H31N5O2. The second-order valence-electron chi connectivity index (χ2n) is 8.29. The highest BCUT2D eigenvalue weighted by molar-refractivity contribution is 5.75. The van der Waals surface area contributed by atoms with Gasteiger partial charge in [0.15, 0.2) is 5.82 Å². The lowest BCUT2D eigenvalue weighted by Crippen LogP contribution is -2.43. The average Bonchev–Trinajstić information content (AvgIpc) is 3.18. The Kier molecular flexibility index (Phi) is 5.32. The van der Waals surface area contributed by atoms with Crippen LogP contribution in [0.25, 0.3) is 0 Å². The zero-order valence-corrected chi connectivity index (χ0v) is 15.9. The largest absolute Gasteiger partial charge is 0.337 e. The molecule has 0 bridgehead atoms. The zero-order valence-electron chi connectivity index (χ0n) is 15.9. The molecule has 2 amide bonds. The van der Waals surface area contributed by atoms with Crippen LogP contribution >= 0.6 is 0 Å². The van der Waals surface area contributed by atoms with Gasteiger partial charge in [0.1, 0.15) is 6.04 Å². The molecule has 0 aliphatic carbocycles. The summed E-state index contributed by atoms with van der Waals surface area (Å²) in [5, 5.41) is 7.02. The molecule has 140 valence electrons. The van der Waals surface area contributed by atoms with Crippen LogP contribution in [0.3, 0.4) is 0 Å². The van der Waals surface area contributed by atoms with Crippen molar-refractivity contribution in [2.75, 3.05) is 33.2 Å². The number of nitrogens with one attached hydrogen (secondary N) is 1. The summed E-state index contributed by atoms with van der Waals surface area (Å²) in [7, 11) is 2.17. The van der Waals surface area contributed by atoms with Gasteiger partial charge in [-0.15, -0.1) is 0 Å². The molecule has 1 aromatic rings. The fraction of sp³-hybridized carbons (Fsp3) is 0.833. The van der Waals surface area contributed by atoms with E-state index in [1.165, 1.54) is 12.8 Å². The molecular weight excluding hydrogens is 318 g/mol. The first kappa shape index (κ1) is 18.2. The Morgan fingerprint density at radius 3 is 2.60 bits per heavy atom. The lowest BCUT2D eigenvalue weighted by Gasteiger charge is -2.37. The van der Waals surface area contributed by atoms with Crippen molar-refractivity contribution in [1.29, 1.82) is 0 Å². The smallest absolute Gasteiger partial charge is 0.318 e. The van der Waals surface area contributed by atoms with Crippen LogP contribution in [-0.4, -0.2) is 59.2 Å². The van der Waals surface area contributed by atoms with Gasteiger partial charge in [0.25, 0.3) is 0 Å². The summed E-state index contributed by atoms with van der Waals surface area (Å²) in [6, 6.07) is -0.290. The summed E-state index contributed by atoms with van der Waals surface area (Å²) in [4.78, 5) is 21.4. The van der Waals surface area contributed by atoms with Crippen molar-refractivity contribution in [3.8, 4) is 0 Å². The Morgan fingerprint density at radius 1 is 1.24 bits per heavy atom. The number of carbonyl (C=O) groups is 1. The second-order valence-corrected chi connectivity index (χ2v) is 8.29. The first-order valence-electron chi connectivity index (χ1n) is 9.43. The first-order chi connectivity index (χ1) is 11.9. The van der Waals surface area contributed by atoms with Gasteiger partial charge >= 0.3 is 6.03 Å². The molecule has 25 heavy (non-hydrogen) atoms.